The first-order chi connectivity index (χ1) is 18.6. The predicted octanol–water partition coefficient (Wildman–Crippen LogP) is 6.44. The highest BCUT2D eigenvalue weighted by atomic mass is 35.5. The molecule has 3 aliphatic rings. The Labute approximate surface area is 235 Å². The molecule has 3 heterocycles. The van der Waals surface area contributed by atoms with Gasteiger partial charge >= 0.3 is 0 Å². The first-order valence-electron chi connectivity index (χ1n) is 13.8. The van der Waals surface area contributed by atoms with E-state index in [-0.39, 0.29) is 5.41 Å². The van der Waals surface area contributed by atoms with Crippen LogP contribution in [0.15, 0.2) is 54.6 Å². The molecule has 0 bridgehead atoms. The van der Waals surface area contributed by atoms with Gasteiger partial charge in [0.15, 0.2) is 5.11 Å². The number of aromatic nitrogens is 2. The third kappa shape index (κ3) is 5.45. The molecule has 2 aromatic carbocycles. The highest BCUT2D eigenvalue weighted by Crippen LogP contribution is 2.39. The van der Waals surface area contributed by atoms with Crippen molar-refractivity contribution in [1.82, 2.24) is 15.3 Å². The smallest absolute Gasteiger partial charge is 0.232 e. The van der Waals surface area contributed by atoms with Gasteiger partial charge in [0.2, 0.25) is 5.95 Å². The Morgan fingerprint density at radius 3 is 2.13 bits per heavy atom. The van der Waals surface area contributed by atoms with Crippen LogP contribution in [0.1, 0.15) is 61.6 Å². The molecular formula is C30H35ClN6S. The zero-order valence-electron chi connectivity index (χ0n) is 21.8. The summed E-state index contributed by atoms with van der Waals surface area (Å²) < 4.78 is 0. The van der Waals surface area contributed by atoms with Crippen LogP contribution < -0.4 is 20.4 Å². The molecule has 1 saturated carbocycles. The van der Waals surface area contributed by atoms with Gasteiger partial charge in [0.25, 0.3) is 0 Å². The number of nitrogens with zero attached hydrogens (tertiary/aromatic N) is 4. The standard InChI is InChI=1S/C30H35ClN6S/c31-25-12-10-24(11-13-25)30(14-4-1-5-15-30)21-32-29(38)35-28-33-26(36-16-6-7-17-36)18-27(34-28)37-19-22-8-2-3-9-23(22)20-37/h2-3,8-13,18H,1,4-7,14-17,19-21H2,(H2,32,33,34,35,38). The molecule has 6 nitrogen and oxygen atoms in total. The lowest BCUT2D eigenvalue weighted by Gasteiger charge is -2.38. The quantitative estimate of drug-likeness (QED) is 0.345. The molecule has 8 heteroatoms. The van der Waals surface area contributed by atoms with Gasteiger partial charge in [-0.3, -0.25) is 0 Å². The Morgan fingerprint density at radius 1 is 0.842 bits per heavy atom. The molecular weight excluding hydrogens is 512 g/mol. The van der Waals surface area contributed by atoms with Crippen molar-refractivity contribution in [2.24, 2.45) is 0 Å². The number of hydrogen-bond acceptors (Lipinski definition) is 5. The van der Waals surface area contributed by atoms with E-state index in [2.05, 4.69) is 62.9 Å². The molecule has 1 saturated heterocycles. The predicted molar refractivity (Wildman–Crippen MR) is 160 cm³/mol. The molecule has 1 aromatic heterocycles. The highest BCUT2D eigenvalue weighted by Gasteiger charge is 2.34. The van der Waals surface area contributed by atoms with Crippen molar-refractivity contribution in [3.05, 3.63) is 76.3 Å². The molecule has 2 N–H and O–H groups in total. The van der Waals surface area contributed by atoms with E-state index < -0.39 is 0 Å². The van der Waals surface area contributed by atoms with Crippen LogP contribution in [0.3, 0.4) is 0 Å². The second kappa shape index (κ2) is 11.1. The van der Waals surface area contributed by atoms with Crippen molar-refractivity contribution in [3.63, 3.8) is 0 Å². The van der Waals surface area contributed by atoms with Crippen LogP contribution in [0.5, 0.6) is 0 Å². The number of halogens is 1. The fourth-order valence-electron chi connectivity index (χ4n) is 6.24. The van der Waals surface area contributed by atoms with Crippen LogP contribution in [-0.2, 0) is 18.5 Å². The van der Waals surface area contributed by atoms with Gasteiger partial charge in [-0.15, -0.1) is 0 Å². The lowest BCUT2D eigenvalue weighted by atomic mass is 9.69. The molecule has 0 radical (unpaired) electrons. The van der Waals surface area contributed by atoms with Gasteiger partial charge in [0, 0.05) is 49.2 Å². The average molecular weight is 547 g/mol. The third-order valence-electron chi connectivity index (χ3n) is 8.37. The molecule has 0 amide bonds. The van der Waals surface area contributed by atoms with Gasteiger partial charge < -0.3 is 20.4 Å². The largest absolute Gasteiger partial charge is 0.361 e. The number of nitrogens with one attached hydrogen (secondary N) is 2. The van der Waals surface area contributed by atoms with Crippen LogP contribution in [0.4, 0.5) is 17.6 Å². The van der Waals surface area contributed by atoms with E-state index in [1.807, 2.05) is 12.1 Å². The average Bonchev–Trinajstić information content (AvgIpc) is 3.63. The van der Waals surface area contributed by atoms with E-state index in [1.54, 1.807) is 0 Å². The third-order valence-corrected chi connectivity index (χ3v) is 8.87. The Bertz CT molecular complexity index is 1260. The number of fused-ring (bicyclic) bond motifs is 1. The van der Waals surface area contributed by atoms with E-state index in [0.717, 1.165) is 62.2 Å². The van der Waals surface area contributed by atoms with E-state index in [9.17, 15) is 0 Å². The second-order valence-electron chi connectivity index (χ2n) is 10.9. The van der Waals surface area contributed by atoms with Crippen molar-refractivity contribution < 1.29 is 0 Å². The summed E-state index contributed by atoms with van der Waals surface area (Å²) in [6.07, 6.45) is 8.43. The molecule has 3 aromatic rings. The maximum atomic E-state index is 6.19. The Hall–Kier alpha value is -2.90. The summed E-state index contributed by atoms with van der Waals surface area (Å²) in [6.45, 7) is 4.56. The minimum absolute atomic E-state index is 0.0549. The number of benzene rings is 2. The van der Waals surface area contributed by atoms with E-state index in [1.165, 1.54) is 48.8 Å². The number of hydrogen-bond donors (Lipinski definition) is 2. The fourth-order valence-corrected chi connectivity index (χ4v) is 6.53. The van der Waals surface area contributed by atoms with Gasteiger partial charge in [-0.2, -0.15) is 9.97 Å². The van der Waals surface area contributed by atoms with E-state index in [4.69, 9.17) is 33.8 Å². The van der Waals surface area contributed by atoms with Gasteiger partial charge in [0.05, 0.1) is 0 Å². The molecule has 1 aliphatic carbocycles. The van der Waals surface area contributed by atoms with Crippen LogP contribution in [0.25, 0.3) is 0 Å². The van der Waals surface area contributed by atoms with Crippen molar-refractivity contribution in [2.75, 3.05) is 34.8 Å². The summed E-state index contributed by atoms with van der Waals surface area (Å²) in [4.78, 5) is 14.5. The van der Waals surface area contributed by atoms with Crippen molar-refractivity contribution in [3.8, 4) is 0 Å². The lowest BCUT2D eigenvalue weighted by Crippen LogP contribution is -2.43. The maximum absolute atomic E-state index is 6.19. The fraction of sp³-hybridized carbons (Fsp3) is 0.433. The summed E-state index contributed by atoms with van der Waals surface area (Å²) in [7, 11) is 0. The molecule has 0 spiro atoms. The normalized spacial score (nSPS) is 18.3. The van der Waals surface area contributed by atoms with Gasteiger partial charge in [-0.05, 0) is 66.7 Å². The Morgan fingerprint density at radius 2 is 1.47 bits per heavy atom. The van der Waals surface area contributed by atoms with Crippen LogP contribution in [0.2, 0.25) is 5.02 Å². The zero-order chi connectivity index (χ0) is 26.0. The van der Waals surface area contributed by atoms with Crippen LogP contribution in [-0.4, -0.2) is 34.7 Å². The van der Waals surface area contributed by atoms with Crippen molar-refractivity contribution >= 4 is 46.5 Å². The lowest BCUT2D eigenvalue weighted by molar-refractivity contribution is 0.292. The van der Waals surface area contributed by atoms with E-state index in [0.29, 0.717) is 11.1 Å². The minimum Gasteiger partial charge on any atom is -0.361 e. The van der Waals surface area contributed by atoms with Crippen molar-refractivity contribution in [1.29, 1.82) is 0 Å². The SMILES string of the molecule is S=C(NCC1(c2ccc(Cl)cc2)CCCCC1)Nc1nc(N2CCCC2)cc(N2Cc3ccccc3C2)n1. The van der Waals surface area contributed by atoms with Crippen molar-refractivity contribution in [2.45, 2.75) is 63.5 Å². The van der Waals surface area contributed by atoms with Gasteiger partial charge in [-0.25, -0.2) is 0 Å². The summed E-state index contributed by atoms with van der Waals surface area (Å²) in [5.41, 5.74) is 4.11. The molecule has 38 heavy (non-hydrogen) atoms. The number of thiocarbonyl (C=S) groups is 1. The number of rotatable bonds is 6. The monoisotopic (exact) mass is 546 g/mol. The Kier molecular flexibility index (Phi) is 7.39. The van der Waals surface area contributed by atoms with Gasteiger partial charge in [0.1, 0.15) is 11.6 Å². The Balaban J connectivity index is 1.19. The van der Waals surface area contributed by atoms with Gasteiger partial charge in [-0.1, -0.05) is 67.3 Å². The molecule has 6 rings (SSSR count). The zero-order valence-corrected chi connectivity index (χ0v) is 23.3. The first-order valence-corrected chi connectivity index (χ1v) is 14.6. The number of anilines is 3. The second-order valence-corrected chi connectivity index (χ2v) is 11.7. The van der Waals surface area contributed by atoms with Crippen LogP contribution >= 0.6 is 23.8 Å². The maximum Gasteiger partial charge on any atom is 0.232 e. The molecule has 2 aliphatic heterocycles. The molecule has 0 unspecified atom stereocenters. The summed E-state index contributed by atoms with van der Waals surface area (Å²) >= 11 is 12.0. The molecule has 2 fully saturated rings. The molecule has 198 valence electrons. The van der Waals surface area contributed by atoms with E-state index >= 15 is 0 Å². The topological polar surface area (TPSA) is 56.3 Å². The first kappa shape index (κ1) is 25.4. The molecule has 0 atom stereocenters. The van der Waals surface area contributed by atoms with Crippen LogP contribution in [0, 0.1) is 0 Å². The summed E-state index contributed by atoms with van der Waals surface area (Å²) in [5.74, 6) is 2.47. The summed E-state index contributed by atoms with van der Waals surface area (Å²) in [6, 6.07) is 19.1. The highest BCUT2D eigenvalue weighted by molar-refractivity contribution is 7.80. The minimum atomic E-state index is 0.0549. The summed E-state index contributed by atoms with van der Waals surface area (Å²) in [5, 5.41) is 8.20.